The highest BCUT2D eigenvalue weighted by Crippen LogP contribution is 2.36. The Kier molecular flexibility index (Phi) is 4.22. The Morgan fingerprint density at radius 1 is 1.23 bits per heavy atom. The maximum Gasteiger partial charge on any atom is 0.224 e. The molecule has 0 bridgehead atoms. The van der Waals surface area contributed by atoms with Gasteiger partial charge in [0, 0.05) is 30.6 Å². The number of aromatic nitrogens is 2. The molecule has 1 aliphatic heterocycles. The van der Waals surface area contributed by atoms with Gasteiger partial charge < -0.3 is 20.1 Å². The number of fused-ring (bicyclic) bond motifs is 1. The van der Waals surface area contributed by atoms with Crippen LogP contribution in [0.25, 0.3) is 10.9 Å². The molecule has 22 heavy (non-hydrogen) atoms. The first-order valence-corrected chi connectivity index (χ1v) is 7.60. The number of halogens is 1. The first kappa shape index (κ1) is 15.1. The van der Waals surface area contributed by atoms with Crippen LogP contribution in [0, 0.1) is 0 Å². The van der Waals surface area contributed by atoms with Crippen LogP contribution in [-0.2, 0) is 0 Å². The van der Waals surface area contributed by atoms with E-state index in [1.165, 1.54) is 0 Å². The first-order chi connectivity index (χ1) is 10.6. The first-order valence-electron chi connectivity index (χ1n) is 7.22. The van der Waals surface area contributed by atoms with Gasteiger partial charge in [-0.05, 0) is 30.5 Å². The van der Waals surface area contributed by atoms with Gasteiger partial charge in [0.1, 0.15) is 5.82 Å². The summed E-state index contributed by atoms with van der Waals surface area (Å²) >= 11 is 6.10. The molecule has 1 saturated heterocycles. The number of rotatable bonds is 3. The smallest absolute Gasteiger partial charge is 0.224 e. The number of nitrogens with zero attached hydrogens (tertiary/aromatic N) is 3. The van der Waals surface area contributed by atoms with Crippen molar-refractivity contribution < 1.29 is 9.47 Å². The summed E-state index contributed by atoms with van der Waals surface area (Å²) in [5.74, 6) is 2.06. The van der Waals surface area contributed by atoms with Gasteiger partial charge in [-0.25, -0.2) is 4.98 Å². The van der Waals surface area contributed by atoms with E-state index in [2.05, 4.69) is 14.9 Å². The van der Waals surface area contributed by atoms with Crippen molar-refractivity contribution in [2.24, 2.45) is 5.73 Å². The Balaban J connectivity index is 2.16. The van der Waals surface area contributed by atoms with E-state index in [1.807, 2.05) is 12.1 Å². The predicted octanol–water partition coefficient (Wildman–Crippen LogP) is 2.23. The van der Waals surface area contributed by atoms with E-state index in [-0.39, 0.29) is 11.3 Å². The second-order valence-electron chi connectivity index (χ2n) is 5.39. The van der Waals surface area contributed by atoms with Crippen molar-refractivity contribution in [3.63, 3.8) is 0 Å². The minimum Gasteiger partial charge on any atom is -0.493 e. The normalized spacial score (nSPS) is 18.5. The van der Waals surface area contributed by atoms with Crippen molar-refractivity contribution in [1.82, 2.24) is 9.97 Å². The minimum absolute atomic E-state index is 0.151. The molecule has 1 aromatic heterocycles. The second kappa shape index (κ2) is 6.14. The third-order valence-electron chi connectivity index (χ3n) is 3.91. The minimum atomic E-state index is 0.151. The Bertz CT molecular complexity index is 695. The SMILES string of the molecule is COc1cc2nc(Cl)nc(N3CCC[C@@H](N)C3)c2cc1OC. The molecule has 0 unspecified atom stereocenters. The van der Waals surface area contributed by atoms with E-state index in [1.54, 1.807) is 14.2 Å². The zero-order valence-electron chi connectivity index (χ0n) is 12.7. The Morgan fingerprint density at radius 3 is 2.64 bits per heavy atom. The molecule has 0 saturated carbocycles. The van der Waals surface area contributed by atoms with Gasteiger partial charge in [0.2, 0.25) is 5.28 Å². The van der Waals surface area contributed by atoms with Gasteiger partial charge >= 0.3 is 0 Å². The quantitative estimate of drug-likeness (QED) is 0.874. The number of hydrogen-bond acceptors (Lipinski definition) is 6. The highest BCUT2D eigenvalue weighted by Gasteiger charge is 2.22. The summed E-state index contributed by atoms with van der Waals surface area (Å²) in [6.07, 6.45) is 2.07. The lowest BCUT2D eigenvalue weighted by Gasteiger charge is -2.32. The summed E-state index contributed by atoms with van der Waals surface area (Å²) in [5, 5.41) is 1.10. The highest BCUT2D eigenvalue weighted by atomic mass is 35.5. The average Bonchev–Trinajstić information content (AvgIpc) is 2.52. The van der Waals surface area contributed by atoms with Gasteiger partial charge in [-0.2, -0.15) is 4.98 Å². The van der Waals surface area contributed by atoms with Crippen LogP contribution in [0.1, 0.15) is 12.8 Å². The number of piperidine rings is 1. The van der Waals surface area contributed by atoms with E-state index < -0.39 is 0 Å². The second-order valence-corrected chi connectivity index (χ2v) is 5.73. The number of ether oxygens (including phenoxy) is 2. The summed E-state index contributed by atoms with van der Waals surface area (Å²) in [5.41, 5.74) is 6.81. The molecule has 7 heteroatoms. The summed E-state index contributed by atoms with van der Waals surface area (Å²) in [6, 6.07) is 3.85. The maximum absolute atomic E-state index is 6.10. The van der Waals surface area contributed by atoms with Crippen LogP contribution in [0.3, 0.4) is 0 Å². The van der Waals surface area contributed by atoms with Crippen LogP contribution in [0.5, 0.6) is 11.5 Å². The molecule has 118 valence electrons. The van der Waals surface area contributed by atoms with Gasteiger partial charge in [0.25, 0.3) is 0 Å². The van der Waals surface area contributed by atoms with Crippen LogP contribution in [-0.4, -0.2) is 43.3 Å². The molecule has 3 rings (SSSR count). The Morgan fingerprint density at radius 2 is 1.95 bits per heavy atom. The van der Waals surface area contributed by atoms with Gasteiger partial charge in [-0.15, -0.1) is 0 Å². The standard InChI is InChI=1S/C15H19ClN4O2/c1-21-12-6-10-11(7-13(12)22-2)18-15(16)19-14(10)20-5-3-4-9(17)8-20/h6-7,9H,3-5,8,17H2,1-2H3/t9-/m1/s1. The summed E-state index contributed by atoms with van der Waals surface area (Å²) in [6.45, 7) is 1.67. The maximum atomic E-state index is 6.10. The van der Waals surface area contributed by atoms with Crippen LogP contribution >= 0.6 is 11.6 Å². The van der Waals surface area contributed by atoms with Crippen molar-refractivity contribution in [3.05, 3.63) is 17.4 Å². The van der Waals surface area contributed by atoms with Crippen LogP contribution < -0.4 is 20.1 Å². The molecule has 0 spiro atoms. The zero-order valence-corrected chi connectivity index (χ0v) is 13.4. The van der Waals surface area contributed by atoms with E-state index in [4.69, 9.17) is 26.8 Å². The van der Waals surface area contributed by atoms with Crippen LogP contribution in [0.15, 0.2) is 12.1 Å². The molecule has 2 N–H and O–H groups in total. The van der Waals surface area contributed by atoms with E-state index in [9.17, 15) is 0 Å². The lowest BCUT2D eigenvalue weighted by atomic mass is 10.1. The Hall–Kier alpha value is -1.79. The largest absolute Gasteiger partial charge is 0.493 e. The monoisotopic (exact) mass is 322 g/mol. The molecular weight excluding hydrogens is 304 g/mol. The molecule has 2 heterocycles. The summed E-state index contributed by atoms with van der Waals surface area (Å²) in [4.78, 5) is 10.9. The molecule has 6 nitrogen and oxygen atoms in total. The molecule has 0 radical (unpaired) electrons. The van der Waals surface area contributed by atoms with E-state index in [0.29, 0.717) is 11.5 Å². The molecular formula is C15H19ClN4O2. The topological polar surface area (TPSA) is 73.5 Å². The fourth-order valence-corrected chi connectivity index (χ4v) is 3.03. The van der Waals surface area contributed by atoms with Crippen molar-refractivity contribution >= 4 is 28.3 Å². The van der Waals surface area contributed by atoms with Crippen molar-refractivity contribution in [1.29, 1.82) is 0 Å². The number of anilines is 1. The van der Waals surface area contributed by atoms with E-state index >= 15 is 0 Å². The predicted molar refractivity (Wildman–Crippen MR) is 87.1 cm³/mol. The molecule has 1 aliphatic rings. The summed E-state index contributed by atoms with van der Waals surface area (Å²) in [7, 11) is 3.20. The molecule has 1 atom stereocenters. The molecule has 2 aromatic rings. The van der Waals surface area contributed by atoms with Crippen LogP contribution in [0.4, 0.5) is 5.82 Å². The fraction of sp³-hybridized carbons (Fsp3) is 0.467. The third kappa shape index (κ3) is 2.76. The lowest BCUT2D eigenvalue weighted by molar-refractivity contribution is 0.355. The summed E-state index contributed by atoms with van der Waals surface area (Å²) < 4.78 is 10.7. The van der Waals surface area contributed by atoms with Crippen LogP contribution in [0.2, 0.25) is 5.28 Å². The fourth-order valence-electron chi connectivity index (χ4n) is 2.86. The molecule has 1 aromatic carbocycles. The van der Waals surface area contributed by atoms with Crippen molar-refractivity contribution in [2.75, 3.05) is 32.2 Å². The van der Waals surface area contributed by atoms with Gasteiger partial charge in [0.15, 0.2) is 11.5 Å². The molecule has 1 fully saturated rings. The lowest BCUT2D eigenvalue weighted by Crippen LogP contribution is -2.43. The molecule has 0 aliphatic carbocycles. The highest BCUT2D eigenvalue weighted by molar-refractivity contribution is 6.28. The Labute approximate surface area is 134 Å². The zero-order chi connectivity index (χ0) is 15.7. The number of hydrogen-bond donors (Lipinski definition) is 1. The van der Waals surface area contributed by atoms with Gasteiger partial charge in [-0.3, -0.25) is 0 Å². The van der Waals surface area contributed by atoms with Gasteiger partial charge in [0.05, 0.1) is 19.7 Å². The van der Waals surface area contributed by atoms with Crippen molar-refractivity contribution in [3.8, 4) is 11.5 Å². The average molecular weight is 323 g/mol. The number of nitrogens with two attached hydrogens (primary N) is 1. The van der Waals surface area contributed by atoms with Gasteiger partial charge in [-0.1, -0.05) is 0 Å². The van der Waals surface area contributed by atoms with E-state index in [0.717, 1.165) is 42.7 Å². The number of methoxy groups -OCH3 is 2. The number of benzene rings is 1. The third-order valence-corrected chi connectivity index (χ3v) is 4.08. The molecule has 0 amide bonds. The van der Waals surface area contributed by atoms with Crippen molar-refractivity contribution in [2.45, 2.75) is 18.9 Å².